The van der Waals surface area contributed by atoms with E-state index in [1.807, 2.05) is 24.3 Å². The molecule has 6 heteroatoms. The molecule has 6 nitrogen and oxygen atoms in total. The smallest absolute Gasteiger partial charge is 0.276 e. The number of fused-ring (bicyclic) bond motifs is 1. The second-order valence-electron chi connectivity index (χ2n) is 5.00. The molecule has 1 aliphatic heterocycles. The van der Waals surface area contributed by atoms with Gasteiger partial charge < -0.3 is 10.6 Å². The fourth-order valence-electron chi connectivity index (χ4n) is 2.21. The van der Waals surface area contributed by atoms with E-state index >= 15 is 0 Å². The van der Waals surface area contributed by atoms with E-state index in [0.29, 0.717) is 11.4 Å². The molecule has 0 unspecified atom stereocenters. The standard InChI is InChI=1S/C17H14N4O2/c1-11(22)19-13-8-6-12(7-9-13)10-18-21-16-14-4-2-3-5-15(14)20-17(16)23/h2-10H,1H3,(H,19,22)(H,20,21,23). The minimum Gasteiger partial charge on any atom is -0.326 e. The first kappa shape index (κ1) is 14.6. The number of rotatable bonds is 3. The number of amides is 2. The number of hydrogen-bond acceptors (Lipinski definition) is 4. The van der Waals surface area contributed by atoms with E-state index < -0.39 is 0 Å². The van der Waals surface area contributed by atoms with E-state index in [2.05, 4.69) is 20.8 Å². The zero-order valence-electron chi connectivity index (χ0n) is 12.4. The van der Waals surface area contributed by atoms with Gasteiger partial charge in [-0.15, -0.1) is 5.10 Å². The summed E-state index contributed by atoms with van der Waals surface area (Å²) in [7, 11) is 0. The van der Waals surface area contributed by atoms with Crippen molar-refractivity contribution in [2.24, 2.45) is 10.2 Å². The van der Waals surface area contributed by atoms with Crippen LogP contribution in [0.25, 0.3) is 0 Å². The summed E-state index contributed by atoms with van der Waals surface area (Å²) in [6.07, 6.45) is 1.55. The van der Waals surface area contributed by atoms with Crippen LogP contribution in [0.1, 0.15) is 18.1 Å². The molecule has 3 rings (SSSR count). The Morgan fingerprint density at radius 1 is 1.13 bits per heavy atom. The van der Waals surface area contributed by atoms with Crippen molar-refractivity contribution in [1.29, 1.82) is 0 Å². The highest BCUT2D eigenvalue weighted by Gasteiger charge is 2.25. The summed E-state index contributed by atoms with van der Waals surface area (Å²) < 4.78 is 0. The molecule has 1 heterocycles. The van der Waals surface area contributed by atoms with Crippen molar-refractivity contribution in [2.45, 2.75) is 6.92 Å². The van der Waals surface area contributed by atoms with Gasteiger partial charge in [-0.1, -0.05) is 30.3 Å². The van der Waals surface area contributed by atoms with Gasteiger partial charge in [0.25, 0.3) is 5.91 Å². The Morgan fingerprint density at radius 2 is 1.87 bits per heavy atom. The van der Waals surface area contributed by atoms with Crippen LogP contribution in [0.5, 0.6) is 0 Å². The minimum absolute atomic E-state index is 0.122. The van der Waals surface area contributed by atoms with Gasteiger partial charge >= 0.3 is 0 Å². The summed E-state index contributed by atoms with van der Waals surface area (Å²) in [4.78, 5) is 22.8. The van der Waals surface area contributed by atoms with Crippen LogP contribution < -0.4 is 10.6 Å². The van der Waals surface area contributed by atoms with Crippen molar-refractivity contribution in [3.05, 3.63) is 59.7 Å². The van der Waals surface area contributed by atoms with Gasteiger partial charge in [0.1, 0.15) is 0 Å². The predicted octanol–water partition coefficient (Wildman–Crippen LogP) is 2.42. The SMILES string of the molecule is CC(=O)Nc1ccc(C=NN=C2C(=O)Nc3ccccc32)cc1. The lowest BCUT2D eigenvalue weighted by Gasteiger charge is -2.01. The third-order valence-electron chi connectivity index (χ3n) is 3.24. The number of anilines is 2. The molecule has 0 fully saturated rings. The molecule has 2 amide bonds. The van der Waals surface area contributed by atoms with E-state index in [-0.39, 0.29) is 11.8 Å². The highest BCUT2D eigenvalue weighted by Crippen LogP contribution is 2.22. The van der Waals surface area contributed by atoms with Crippen LogP contribution in [0.2, 0.25) is 0 Å². The van der Waals surface area contributed by atoms with E-state index in [4.69, 9.17) is 0 Å². The van der Waals surface area contributed by atoms with Gasteiger partial charge in [0.2, 0.25) is 5.91 Å². The van der Waals surface area contributed by atoms with Gasteiger partial charge in [0.15, 0.2) is 5.71 Å². The summed E-state index contributed by atoms with van der Waals surface area (Å²) in [6, 6.07) is 14.5. The molecule has 0 aliphatic carbocycles. The van der Waals surface area contributed by atoms with Crippen LogP contribution in [-0.2, 0) is 9.59 Å². The number of nitrogens with one attached hydrogen (secondary N) is 2. The van der Waals surface area contributed by atoms with Gasteiger partial charge in [0, 0.05) is 18.2 Å². The lowest BCUT2D eigenvalue weighted by molar-refractivity contribution is -0.114. The fourth-order valence-corrected chi connectivity index (χ4v) is 2.21. The van der Waals surface area contributed by atoms with E-state index in [0.717, 1.165) is 16.8 Å². The maximum Gasteiger partial charge on any atom is 0.276 e. The van der Waals surface area contributed by atoms with E-state index in [9.17, 15) is 9.59 Å². The van der Waals surface area contributed by atoms with Crippen molar-refractivity contribution in [1.82, 2.24) is 0 Å². The number of hydrogen-bond donors (Lipinski definition) is 2. The highest BCUT2D eigenvalue weighted by molar-refractivity contribution is 6.53. The van der Waals surface area contributed by atoms with Crippen LogP contribution in [0.15, 0.2) is 58.7 Å². The van der Waals surface area contributed by atoms with Crippen LogP contribution in [0.3, 0.4) is 0 Å². The Hall–Kier alpha value is -3.28. The van der Waals surface area contributed by atoms with E-state index in [1.54, 1.807) is 30.5 Å². The molecule has 0 bridgehead atoms. The fraction of sp³-hybridized carbons (Fsp3) is 0.0588. The molecular weight excluding hydrogens is 292 g/mol. The van der Waals surface area contributed by atoms with Gasteiger partial charge in [-0.05, 0) is 23.8 Å². The summed E-state index contributed by atoms with van der Waals surface area (Å²) in [6.45, 7) is 1.45. The molecule has 23 heavy (non-hydrogen) atoms. The molecule has 114 valence electrons. The van der Waals surface area contributed by atoms with E-state index in [1.165, 1.54) is 6.92 Å². The minimum atomic E-state index is -0.260. The molecule has 2 aromatic carbocycles. The van der Waals surface area contributed by atoms with Crippen LogP contribution >= 0.6 is 0 Å². The maximum atomic E-state index is 11.9. The summed E-state index contributed by atoms with van der Waals surface area (Å²) in [5, 5.41) is 13.4. The van der Waals surface area contributed by atoms with Gasteiger partial charge in [0.05, 0.1) is 11.9 Å². The van der Waals surface area contributed by atoms with Crippen molar-refractivity contribution >= 4 is 35.1 Å². The van der Waals surface area contributed by atoms with Gasteiger partial charge in [-0.25, -0.2) is 0 Å². The van der Waals surface area contributed by atoms with Gasteiger partial charge in [-0.2, -0.15) is 5.10 Å². The first-order chi connectivity index (χ1) is 11.1. The largest absolute Gasteiger partial charge is 0.326 e. The molecule has 0 saturated heterocycles. The van der Waals surface area contributed by atoms with Gasteiger partial charge in [-0.3, -0.25) is 9.59 Å². The third kappa shape index (κ3) is 3.32. The lowest BCUT2D eigenvalue weighted by atomic mass is 10.1. The number of carbonyl (C=O) groups excluding carboxylic acids is 2. The second-order valence-corrected chi connectivity index (χ2v) is 5.00. The first-order valence-corrected chi connectivity index (χ1v) is 7.03. The Kier molecular flexibility index (Phi) is 3.97. The van der Waals surface area contributed by atoms with Crippen LogP contribution in [0, 0.1) is 0 Å². The van der Waals surface area contributed by atoms with Crippen molar-refractivity contribution in [3.63, 3.8) is 0 Å². The molecule has 0 spiro atoms. The molecule has 1 aliphatic rings. The molecule has 2 aromatic rings. The second kappa shape index (κ2) is 6.23. The molecule has 0 atom stereocenters. The molecular formula is C17H14N4O2. The normalized spacial score (nSPS) is 14.8. The Morgan fingerprint density at radius 3 is 2.61 bits per heavy atom. The Bertz CT molecular complexity index is 823. The number of nitrogens with zero attached hydrogens (tertiary/aromatic N) is 2. The zero-order chi connectivity index (χ0) is 16.2. The summed E-state index contributed by atoms with van der Waals surface area (Å²) in [5.41, 5.74) is 3.31. The maximum absolute atomic E-state index is 11.9. The monoisotopic (exact) mass is 306 g/mol. The summed E-state index contributed by atoms with van der Waals surface area (Å²) in [5.74, 6) is -0.381. The van der Waals surface area contributed by atoms with Crippen LogP contribution in [-0.4, -0.2) is 23.7 Å². The Labute approximate surface area is 132 Å². The topological polar surface area (TPSA) is 82.9 Å². The third-order valence-corrected chi connectivity index (χ3v) is 3.24. The van der Waals surface area contributed by atoms with Crippen LogP contribution in [0.4, 0.5) is 11.4 Å². The quantitative estimate of drug-likeness (QED) is 0.674. The first-order valence-electron chi connectivity index (χ1n) is 7.03. The van der Waals surface area contributed by atoms with Crippen molar-refractivity contribution < 1.29 is 9.59 Å². The zero-order valence-corrected chi connectivity index (χ0v) is 12.4. The lowest BCUT2D eigenvalue weighted by Crippen LogP contribution is -2.13. The van der Waals surface area contributed by atoms with Crippen molar-refractivity contribution in [2.75, 3.05) is 10.6 Å². The molecule has 2 N–H and O–H groups in total. The molecule has 0 radical (unpaired) electrons. The number of para-hydroxylation sites is 1. The average molecular weight is 306 g/mol. The molecule has 0 aromatic heterocycles. The molecule has 0 saturated carbocycles. The highest BCUT2D eigenvalue weighted by atomic mass is 16.2. The predicted molar refractivity (Wildman–Crippen MR) is 89.9 cm³/mol. The average Bonchev–Trinajstić information content (AvgIpc) is 2.84. The number of benzene rings is 2. The number of carbonyl (C=O) groups is 2. The Balaban J connectivity index is 1.76. The summed E-state index contributed by atoms with van der Waals surface area (Å²) >= 11 is 0. The van der Waals surface area contributed by atoms with Crippen molar-refractivity contribution in [3.8, 4) is 0 Å².